The van der Waals surface area contributed by atoms with E-state index in [1.807, 2.05) is 24.3 Å². The van der Waals surface area contributed by atoms with E-state index in [0.29, 0.717) is 33.8 Å². The summed E-state index contributed by atoms with van der Waals surface area (Å²) in [6.45, 7) is 6.36. The first kappa shape index (κ1) is 27.8. The highest BCUT2D eigenvalue weighted by Crippen LogP contribution is 2.39. The number of methoxy groups -OCH3 is 3. The Hall–Kier alpha value is -4.24. The summed E-state index contributed by atoms with van der Waals surface area (Å²) >= 11 is 1.04. The van der Waals surface area contributed by atoms with Crippen LogP contribution in [0.25, 0.3) is 16.6 Å². The van der Waals surface area contributed by atoms with E-state index in [4.69, 9.17) is 14.2 Å². The van der Waals surface area contributed by atoms with Crippen LogP contribution in [0.4, 0.5) is 0 Å². The molecule has 0 aliphatic carbocycles. The fraction of sp³-hybridized carbons (Fsp3) is 0.267. The van der Waals surface area contributed by atoms with Crippen LogP contribution >= 0.6 is 11.7 Å². The molecule has 202 valence electrons. The summed E-state index contributed by atoms with van der Waals surface area (Å²) in [4.78, 5) is 26.9. The summed E-state index contributed by atoms with van der Waals surface area (Å²) in [5.41, 5.74) is 3.68. The molecule has 0 saturated carbocycles. The lowest BCUT2D eigenvalue weighted by atomic mass is 9.85. The van der Waals surface area contributed by atoms with E-state index >= 15 is 0 Å². The maximum Gasteiger partial charge on any atom is 0.336 e. The average Bonchev–Trinajstić information content (AvgIpc) is 3.39. The number of hydrogen-bond donors (Lipinski definition) is 1. The van der Waals surface area contributed by atoms with Gasteiger partial charge >= 0.3 is 5.97 Å². The molecular formula is C30H30N2O6S. The highest BCUT2D eigenvalue weighted by molar-refractivity contribution is 7.00. The standard InChI is InChI=1S/C30H30N2O6S/c1-30(2,3)20-10-7-17(8-11-20)13-21(26(29(34)35)18-9-12-22-23(14-18)32-39-31-22)27(33)19-15-24(36-4)28(38-6)25(16-19)37-5/h7-12,14-16H,13H2,1-6H3,(H,34,35). The van der Waals surface area contributed by atoms with Crippen LogP contribution in [-0.2, 0) is 16.6 Å². The number of carbonyl (C=O) groups excluding carboxylic acids is 1. The fourth-order valence-corrected chi connectivity index (χ4v) is 4.88. The van der Waals surface area contributed by atoms with Gasteiger partial charge in [-0.3, -0.25) is 4.79 Å². The van der Waals surface area contributed by atoms with Gasteiger partial charge in [0.15, 0.2) is 17.3 Å². The Kier molecular flexibility index (Phi) is 8.01. The van der Waals surface area contributed by atoms with E-state index in [9.17, 15) is 14.7 Å². The van der Waals surface area contributed by atoms with Crippen molar-refractivity contribution in [1.29, 1.82) is 0 Å². The molecule has 39 heavy (non-hydrogen) atoms. The Labute approximate surface area is 231 Å². The third-order valence-electron chi connectivity index (χ3n) is 6.46. The minimum Gasteiger partial charge on any atom is -0.493 e. The molecule has 0 saturated heterocycles. The van der Waals surface area contributed by atoms with E-state index in [0.717, 1.165) is 22.9 Å². The van der Waals surface area contributed by atoms with Crippen molar-refractivity contribution in [3.05, 3.63) is 82.4 Å². The number of nitrogens with zero attached hydrogens (tertiary/aromatic N) is 2. The number of ketones is 1. The van der Waals surface area contributed by atoms with Gasteiger partial charge in [-0.15, -0.1) is 0 Å². The van der Waals surface area contributed by atoms with Crippen molar-refractivity contribution in [2.75, 3.05) is 21.3 Å². The number of allylic oxidation sites excluding steroid dienone is 1. The van der Waals surface area contributed by atoms with E-state index in [1.165, 1.54) is 33.5 Å². The zero-order valence-electron chi connectivity index (χ0n) is 22.7. The molecule has 0 aliphatic rings. The molecule has 3 aromatic carbocycles. The first-order valence-corrected chi connectivity index (χ1v) is 12.9. The summed E-state index contributed by atoms with van der Waals surface area (Å²) in [6, 6.07) is 15.9. The number of ether oxygens (including phenoxy) is 3. The Morgan fingerprint density at radius 1 is 0.821 bits per heavy atom. The highest BCUT2D eigenvalue weighted by atomic mass is 32.1. The summed E-state index contributed by atoms with van der Waals surface area (Å²) in [5.74, 6) is -0.774. The Balaban J connectivity index is 1.93. The normalized spacial score (nSPS) is 12.2. The van der Waals surface area contributed by atoms with Gasteiger partial charge in [0.05, 0.1) is 38.6 Å². The van der Waals surface area contributed by atoms with Gasteiger partial charge in [-0.25, -0.2) is 4.79 Å². The number of benzene rings is 3. The minimum absolute atomic E-state index is 0.0492. The average molecular weight is 547 g/mol. The molecule has 9 heteroatoms. The van der Waals surface area contributed by atoms with Gasteiger partial charge in [-0.2, -0.15) is 8.75 Å². The monoisotopic (exact) mass is 546 g/mol. The zero-order valence-corrected chi connectivity index (χ0v) is 23.5. The van der Waals surface area contributed by atoms with Crippen LogP contribution in [0.3, 0.4) is 0 Å². The molecule has 1 N–H and O–H groups in total. The van der Waals surface area contributed by atoms with E-state index in [2.05, 4.69) is 29.5 Å². The van der Waals surface area contributed by atoms with Gasteiger partial charge in [-0.1, -0.05) is 51.1 Å². The van der Waals surface area contributed by atoms with Crippen LogP contribution in [-0.4, -0.2) is 46.9 Å². The third-order valence-corrected chi connectivity index (χ3v) is 7.02. The van der Waals surface area contributed by atoms with Crippen LogP contribution in [0.5, 0.6) is 17.2 Å². The van der Waals surface area contributed by atoms with Gasteiger partial charge < -0.3 is 19.3 Å². The molecule has 1 aromatic heterocycles. The number of fused-ring (bicyclic) bond motifs is 1. The molecule has 8 nitrogen and oxygen atoms in total. The number of carboxylic acids is 1. The van der Waals surface area contributed by atoms with Crippen molar-refractivity contribution < 1.29 is 28.9 Å². The SMILES string of the molecule is COc1cc(C(=O)C(Cc2ccc(C(C)(C)C)cc2)=C(C(=O)O)c2ccc3nsnc3c2)cc(OC)c1OC. The third kappa shape index (κ3) is 5.78. The topological polar surface area (TPSA) is 108 Å². The second-order valence-corrected chi connectivity index (χ2v) is 10.5. The maximum absolute atomic E-state index is 14.1. The number of aromatic nitrogens is 2. The highest BCUT2D eigenvalue weighted by Gasteiger charge is 2.27. The van der Waals surface area contributed by atoms with E-state index in [-0.39, 0.29) is 28.5 Å². The van der Waals surface area contributed by atoms with Crippen LogP contribution in [0.2, 0.25) is 0 Å². The van der Waals surface area contributed by atoms with Gasteiger partial charge in [0.25, 0.3) is 0 Å². The van der Waals surface area contributed by atoms with Crippen molar-refractivity contribution >= 4 is 40.1 Å². The van der Waals surface area contributed by atoms with Gasteiger partial charge in [-0.05, 0) is 46.4 Å². The fourth-order valence-electron chi connectivity index (χ4n) is 4.36. The molecule has 4 aromatic rings. The quantitative estimate of drug-likeness (QED) is 0.202. The van der Waals surface area contributed by atoms with Crippen LogP contribution in [0, 0.1) is 0 Å². The van der Waals surface area contributed by atoms with E-state index < -0.39 is 11.8 Å². The van der Waals surface area contributed by atoms with E-state index in [1.54, 1.807) is 18.2 Å². The van der Waals surface area contributed by atoms with Gasteiger partial charge in [0.2, 0.25) is 5.75 Å². The molecule has 0 amide bonds. The Morgan fingerprint density at radius 3 is 1.97 bits per heavy atom. The molecule has 0 radical (unpaired) electrons. The number of carbonyl (C=O) groups is 2. The number of rotatable bonds is 9. The Morgan fingerprint density at radius 2 is 1.44 bits per heavy atom. The molecule has 1 heterocycles. The summed E-state index contributed by atoms with van der Waals surface area (Å²) in [6.07, 6.45) is 0.0922. The zero-order chi connectivity index (χ0) is 28.3. The predicted molar refractivity (Wildman–Crippen MR) is 151 cm³/mol. The lowest BCUT2D eigenvalue weighted by molar-refractivity contribution is -0.130. The van der Waals surface area contributed by atoms with Crippen molar-refractivity contribution in [3.63, 3.8) is 0 Å². The number of hydrogen-bond acceptors (Lipinski definition) is 8. The summed E-state index contributed by atoms with van der Waals surface area (Å²) < 4.78 is 24.7. The van der Waals surface area contributed by atoms with Crippen LogP contribution < -0.4 is 14.2 Å². The molecular weight excluding hydrogens is 516 g/mol. The molecule has 0 bridgehead atoms. The molecule has 0 aliphatic heterocycles. The van der Waals surface area contributed by atoms with Crippen molar-refractivity contribution in [2.24, 2.45) is 0 Å². The second kappa shape index (κ2) is 11.2. The largest absolute Gasteiger partial charge is 0.493 e. The van der Waals surface area contributed by atoms with Crippen molar-refractivity contribution in [2.45, 2.75) is 32.6 Å². The van der Waals surface area contributed by atoms with Crippen molar-refractivity contribution in [1.82, 2.24) is 8.75 Å². The molecule has 0 fully saturated rings. The van der Waals surface area contributed by atoms with Gasteiger partial charge in [0.1, 0.15) is 11.0 Å². The molecule has 0 spiro atoms. The predicted octanol–water partition coefficient (Wildman–Crippen LogP) is 5.98. The first-order chi connectivity index (χ1) is 18.6. The van der Waals surface area contributed by atoms with Gasteiger partial charge in [0, 0.05) is 17.6 Å². The Bertz CT molecular complexity index is 1540. The smallest absolute Gasteiger partial charge is 0.336 e. The number of aliphatic carboxylic acids is 1. The summed E-state index contributed by atoms with van der Waals surface area (Å²) in [5, 5.41) is 10.4. The summed E-state index contributed by atoms with van der Waals surface area (Å²) in [7, 11) is 4.39. The first-order valence-electron chi connectivity index (χ1n) is 12.2. The van der Waals surface area contributed by atoms with Crippen LogP contribution in [0.1, 0.15) is 47.8 Å². The number of Topliss-reactive ketones (excluding diaryl/α,β-unsaturated/α-hetero) is 1. The molecule has 0 atom stereocenters. The lowest BCUT2D eigenvalue weighted by Gasteiger charge is -2.20. The minimum atomic E-state index is -1.22. The molecule has 4 rings (SSSR count). The number of carboxylic acid groups (broad SMARTS) is 1. The molecule has 0 unspecified atom stereocenters. The van der Waals surface area contributed by atoms with Crippen molar-refractivity contribution in [3.8, 4) is 17.2 Å². The lowest BCUT2D eigenvalue weighted by Crippen LogP contribution is -2.15. The second-order valence-electron chi connectivity index (χ2n) is 9.99. The van der Waals surface area contributed by atoms with Crippen LogP contribution in [0.15, 0.2) is 60.2 Å². The maximum atomic E-state index is 14.1.